The third-order valence-corrected chi connectivity index (χ3v) is 5.86. The van der Waals surface area contributed by atoms with Crippen LogP contribution in [0, 0.1) is 0 Å². The van der Waals surface area contributed by atoms with Crippen LogP contribution >= 0.6 is 0 Å². The first-order chi connectivity index (χ1) is 14.6. The predicted molar refractivity (Wildman–Crippen MR) is 105 cm³/mol. The first-order valence-electron chi connectivity index (χ1n) is 9.93. The number of ether oxygens (including phenoxy) is 1. The molecule has 4 amide bonds. The van der Waals surface area contributed by atoms with Crippen molar-refractivity contribution in [3.05, 3.63) is 53.9 Å². The second-order valence-corrected chi connectivity index (χ2v) is 7.51. The summed E-state index contributed by atoms with van der Waals surface area (Å²) in [5.74, 6) is -0.449. The Balaban J connectivity index is 1.57. The summed E-state index contributed by atoms with van der Waals surface area (Å²) in [6.45, 7) is 1.54. The average Bonchev–Trinajstić information content (AvgIpc) is 3.37. The number of imide groups is 1. The lowest BCUT2D eigenvalue weighted by Crippen LogP contribution is -2.57. The van der Waals surface area contributed by atoms with E-state index in [0.717, 1.165) is 5.56 Å². The molecule has 0 N–H and O–H groups in total. The fraction of sp³-hybridized carbons (Fsp3) is 0.429. The topological polar surface area (TPSA) is 96.2 Å². The highest BCUT2D eigenvalue weighted by molar-refractivity contribution is 6.07. The van der Waals surface area contributed by atoms with E-state index in [2.05, 4.69) is 5.16 Å². The van der Waals surface area contributed by atoms with Crippen molar-refractivity contribution in [1.82, 2.24) is 19.9 Å². The number of aromatic nitrogens is 1. The highest BCUT2D eigenvalue weighted by Gasteiger charge is 2.58. The van der Waals surface area contributed by atoms with Gasteiger partial charge in [0.25, 0.3) is 11.8 Å². The molecule has 2 aromatic rings. The van der Waals surface area contributed by atoms with Crippen LogP contribution in [0.3, 0.4) is 0 Å². The van der Waals surface area contributed by atoms with Gasteiger partial charge in [0, 0.05) is 32.8 Å². The molecule has 0 saturated carbocycles. The van der Waals surface area contributed by atoms with Crippen molar-refractivity contribution >= 4 is 17.8 Å². The van der Waals surface area contributed by atoms with Crippen LogP contribution in [-0.2, 0) is 16.1 Å². The molecule has 1 aromatic heterocycles. The van der Waals surface area contributed by atoms with Gasteiger partial charge in [0.15, 0.2) is 5.69 Å². The van der Waals surface area contributed by atoms with E-state index in [1.54, 1.807) is 9.80 Å². The summed E-state index contributed by atoms with van der Waals surface area (Å²) >= 11 is 0. The Morgan fingerprint density at radius 1 is 1.17 bits per heavy atom. The molecular formula is C21H24N4O5. The van der Waals surface area contributed by atoms with Gasteiger partial charge >= 0.3 is 6.03 Å². The molecule has 3 heterocycles. The SMILES string of the molecule is COCCN1C(=O)N(Cc2ccccc2)C2(CCN(C(=O)c3ccon3)CC2)C1=O. The third kappa shape index (κ3) is 3.45. The van der Waals surface area contributed by atoms with Gasteiger partial charge in [-0.2, -0.15) is 0 Å². The lowest BCUT2D eigenvalue weighted by molar-refractivity contribution is -0.136. The lowest BCUT2D eigenvalue weighted by atomic mass is 9.85. The van der Waals surface area contributed by atoms with Crippen molar-refractivity contribution < 1.29 is 23.6 Å². The largest absolute Gasteiger partial charge is 0.383 e. The van der Waals surface area contributed by atoms with Crippen LogP contribution < -0.4 is 0 Å². The van der Waals surface area contributed by atoms with Gasteiger partial charge in [-0.3, -0.25) is 14.5 Å². The number of likely N-dealkylation sites (tertiary alicyclic amines) is 1. The standard InChI is InChI=1S/C21H24N4O5/c1-29-14-12-24-19(27)21(25(20(24)28)15-16-5-3-2-4-6-16)8-10-23(11-9-21)18(26)17-7-13-30-22-17/h2-7,13H,8-12,14-15H2,1H3. The van der Waals surface area contributed by atoms with E-state index >= 15 is 0 Å². The van der Waals surface area contributed by atoms with Crippen molar-refractivity contribution in [1.29, 1.82) is 0 Å². The molecule has 1 spiro atoms. The number of nitrogens with zero attached hydrogens (tertiary/aromatic N) is 4. The van der Waals surface area contributed by atoms with Crippen molar-refractivity contribution in [3.8, 4) is 0 Å². The molecule has 2 aliphatic rings. The number of urea groups is 1. The van der Waals surface area contributed by atoms with Gasteiger partial charge in [0.1, 0.15) is 11.8 Å². The first kappa shape index (κ1) is 20.1. The number of hydrogen-bond donors (Lipinski definition) is 0. The van der Waals surface area contributed by atoms with Crippen LogP contribution in [0.25, 0.3) is 0 Å². The Morgan fingerprint density at radius 2 is 1.90 bits per heavy atom. The minimum Gasteiger partial charge on any atom is -0.383 e. The number of benzene rings is 1. The van der Waals surface area contributed by atoms with Crippen LogP contribution in [0.2, 0.25) is 0 Å². The van der Waals surface area contributed by atoms with E-state index in [1.807, 2.05) is 30.3 Å². The molecule has 1 aromatic carbocycles. The van der Waals surface area contributed by atoms with Crippen LogP contribution in [0.1, 0.15) is 28.9 Å². The fourth-order valence-electron chi connectivity index (χ4n) is 4.20. The van der Waals surface area contributed by atoms with Gasteiger partial charge in [0.05, 0.1) is 13.2 Å². The summed E-state index contributed by atoms with van der Waals surface area (Å²) < 4.78 is 9.85. The summed E-state index contributed by atoms with van der Waals surface area (Å²) in [6, 6.07) is 10.8. The van der Waals surface area contributed by atoms with Gasteiger partial charge in [0.2, 0.25) is 0 Å². The molecule has 2 aliphatic heterocycles. The van der Waals surface area contributed by atoms with E-state index in [-0.39, 0.29) is 36.7 Å². The Morgan fingerprint density at radius 3 is 2.53 bits per heavy atom. The third-order valence-electron chi connectivity index (χ3n) is 5.86. The first-order valence-corrected chi connectivity index (χ1v) is 9.93. The zero-order valence-electron chi connectivity index (χ0n) is 16.8. The minimum absolute atomic E-state index is 0.211. The predicted octanol–water partition coefficient (Wildman–Crippen LogP) is 1.76. The maximum atomic E-state index is 13.4. The van der Waals surface area contributed by atoms with Crippen LogP contribution in [-0.4, -0.2) is 76.6 Å². The molecule has 0 unspecified atom stereocenters. The molecule has 4 rings (SSSR count). The smallest absolute Gasteiger partial charge is 0.328 e. The molecular weight excluding hydrogens is 388 g/mol. The van der Waals surface area contributed by atoms with Gasteiger partial charge in [-0.1, -0.05) is 35.5 Å². The van der Waals surface area contributed by atoms with Gasteiger partial charge < -0.3 is 19.1 Å². The number of carbonyl (C=O) groups excluding carboxylic acids is 3. The number of carbonyl (C=O) groups is 3. The second kappa shape index (κ2) is 8.27. The highest BCUT2D eigenvalue weighted by Crippen LogP contribution is 2.38. The maximum Gasteiger partial charge on any atom is 0.328 e. The molecule has 2 saturated heterocycles. The molecule has 9 heteroatoms. The van der Waals surface area contributed by atoms with Crippen molar-refractivity contribution in [2.24, 2.45) is 0 Å². The van der Waals surface area contributed by atoms with E-state index in [1.165, 1.54) is 24.3 Å². The summed E-state index contributed by atoms with van der Waals surface area (Å²) in [5, 5.41) is 3.70. The fourth-order valence-corrected chi connectivity index (χ4v) is 4.20. The average molecular weight is 412 g/mol. The van der Waals surface area contributed by atoms with E-state index in [0.29, 0.717) is 32.5 Å². The Kier molecular flexibility index (Phi) is 5.54. The maximum absolute atomic E-state index is 13.4. The highest BCUT2D eigenvalue weighted by atomic mass is 16.5. The Bertz CT molecular complexity index is 907. The monoisotopic (exact) mass is 412 g/mol. The van der Waals surface area contributed by atoms with Crippen molar-refractivity contribution in [2.45, 2.75) is 24.9 Å². The van der Waals surface area contributed by atoms with E-state index < -0.39 is 5.54 Å². The zero-order valence-corrected chi connectivity index (χ0v) is 16.8. The summed E-state index contributed by atoms with van der Waals surface area (Å²) in [7, 11) is 1.54. The molecule has 0 aliphatic carbocycles. The molecule has 158 valence electrons. The number of methoxy groups -OCH3 is 1. The van der Waals surface area contributed by atoms with Crippen molar-refractivity contribution in [2.75, 3.05) is 33.4 Å². The summed E-state index contributed by atoms with van der Waals surface area (Å²) in [5.41, 5.74) is 0.233. The number of hydrogen-bond acceptors (Lipinski definition) is 6. The van der Waals surface area contributed by atoms with Crippen molar-refractivity contribution in [3.63, 3.8) is 0 Å². The van der Waals surface area contributed by atoms with E-state index in [9.17, 15) is 14.4 Å². The molecule has 0 radical (unpaired) electrons. The normalized spacial score (nSPS) is 18.5. The minimum atomic E-state index is -0.957. The van der Waals surface area contributed by atoms with Gasteiger partial charge in [-0.15, -0.1) is 0 Å². The molecule has 9 nitrogen and oxygen atoms in total. The van der Waals surface area contributed by atoms with Crippen LogP contribution in [0.4, 0.5) is 4.79 Å². The molecule has 0 bridgehead atoms. The van der Waals surface area contributed by atoms with Crippen LogP contribution in [0.5, 0.6) is 0 Å². The number of amides is 4. The number of rotatable bonds is 6. The molecule has 2 fully saturated rings. The van der Waals surface area contributed by atoms with Gasteiger partial charge in [-0.05, 0) is 18.4 Å². The number of piperidine rings is 1. The summed E-state index contributed by atoms with van der Waals surface area (Å²) in [4.78, 5) is 43.8. The quantitative estimate of drug-likeness (QED) is 0.671. The van der Waals surface area contributed by atoms with E-state index in [4.69, 9.17) is 9.26 Å². The summed E-state index contributed by atoms with van der Waals surface area (Å²) in [6.07, 6.45) is 2.10. The Labute approximate surface area is 174 Å². The second-order valence-electron chi connectivity index (χ2n) is 7.51. The molecule has 0 atom stereocenters. The van der Waals surface area contributed by atoms with Gasteiger partial charge in [-0.25, -0.2) is 4.79 Å². The zero-order chi connectivity index (χ0) is 21.1. The lowest BCUT2D eigenvalue weighted by Gasteiger charge is -2.42. The molecule has 30 heavy (non-hydrogen) atoms. The Hall–Kier alpha value is -3.20. The van der Waals surface area contributed by atoms with Crippen LogP contribution in [0.15, 0.2) is 47.2 Å².